The van der Waals surface area contributed by atoms with Gasteiger partial charge in [0.25, 0.3) is 0 Å². The Balaban J connectivity index is 1.42. The van der Waals surface area contributed by atoms with Gasteiger partial charge in [-0.05, 0) is 54.9 Å². The largest absolute Gasteiger partial charge is 0.481 e. The lowest BCUT2D eigenvalue weighted by atomic mass is 9.91. The van der Waals surface area contributed by atoms with E-state index in [0.29, 0.717) is 0 Å². The van der Waals surface area contributed by atoms with Crippen molar-refractivity contribution >= 4 is 18.0 Å². The fraction of sp³-hybridized carbons (Fsp3) is 0.393. The summed E-state index contributed by atoms with van der Waals surface area (Å²) in [6.07, 6.45) is 0.935. The number of hydrogen-bond donors (Lipinski definition) is 3. The zero-order valence-corrected chi connectivity index (χ0v) is 20.0. The summed E-state index contributed by atoms with van der Waals surface area (Å²) in [4.78, 5) is 37.2. The summed E-state index contributed by atoms with van der Waals surface area (Å²) in [5.41, 5.74) is 3.59. The number of alkyl carbamates (subject to hydrolysis) is 1. The topological polar surface area (TPSA) is 105 Å². The van der Waals surface area contributed by atoms with Crippen LogP contribution in [0.4, 0.5) is 4.79 Å². The highest BCUT2D eigenvalue weighted by Gasteiger charge is 2.45. The van der Waals surface area contributed by atoms with Crippen LogP contribution < -0.4 is 10.6 Å². The monoisotopic (exact) mass is 474 g/mol. The van der Waals surface area contributed by atoms with Gasteiger partial charge >= 0.3 is 12.1 Å². The summed E-state index contributed by atoms with van der Waals surface area (Å²) in [6.45, 7) is 3.53. The molecule has 2 aromatic rings. The van der Waals surface area contributed by atoms with E-state index in [9.17, 15) is 19.5 Å². The Kier molecular flexibility index (Phi) is 7.11. The van der Waals surface area contributed by atoms with Crippen molar-refractivity contribution in [1.29, 1.82) is 0 Å². The molecule has 0 bridgehead atoms. The van der Waals surface area contributed by atoms with Crippen molar-refractivity contribution in [3.05, 3.63) is 59.7 Å². The Morgan fingerprint density at radius 3 is 2.23 bits per heavy atom. The van der Waals surface area contributed by atoms with E-state index in [4.69, 9.17) is 4.74 Å². The number of carbonyl (C=O) groups is 3. The number of carboxylic acids is 1. The average Bonchev–Trinajstić information content (AvgIpc) is 3.64. The molecule has 7 nitrogen and oxygen atoms in total. The molecule has 2 aliphatic carbocycles. The molecule has 0 aliphatic heterocycles. The highest BCUT2D eigenvalue weighted by atomic mass is 16.5. The van der Waals surface area contributed by atoms with E-state index in [0.717, 1.165) is 35.1 Å². The highest BCUT2D eigenvalue weighted by molar-refractivity contribution is 5.87. The van der Waals surface area contributed by atoms with Gasteiger partial charge in [0.2, 0.25) is 5.91 Å². The Bertz CT molecular complexity index is 1150. The van der Waals surface area contributed by atoms with Crippen molar-refractivity contribution in [2.75, 3.05) is 6.61 Å². The van der Waals surface area contributed by atoms with Crippen LogP contribution in [0.2, 0.25) is 0 Å². The van der Waals surface area contributed by atoms with Crippen LogP contribution in [-0.4, -0.2) is 41.3 Å². The third kappa shape index (κ3) is 5.48. The molecule has 182 valence electrons. The molecule has 2 amide bonds. The SMILES string of the molecule is CC#CCC(NC(=O)OCC1c2ccccc2-c2ccccc21)C(=O)NC(C)(CC(=O)O)C1CC1. The molecule has 35 heavy (non-hydrogen) atoms. The second-order valence-electron chi connectivity index (χ2n) is 9.40. The third-order valence-corrected chi connectivity index (χ3v) is 6.84. The van der Waals surface area contributed by atoms with Gasteiger partial charge in [-0.3, -0.25) is 9.59 Å². The number of amides is 2. The number of carboxylic acid groups (broad SMARTS) is 1. The normalized spacial score (nSPS) is 16.5. The molecular formula is C28H30N2O5. The smallest absolute Gasteiger partial charge is 0.407 e. The van der Waals surface area contributed by atoms with Gasteiger partial charge in [0.15, 0.2) is 0 Å². The van der Waals surface area contributed by atoms with Gasteiger partial charge in [-0.15, -0.1) is 11.8 Å². The molecule has 7 heteroatoms. The standard InChI is InChI=1S/C28H30N2O5/c1-3-4-13-24(26(33)30-28(2,16-25(31)32)18-14-15-18)29-27(34)35-17-23-21-11-7-5-9-19(21)20-10-6-8-12-22(20)23/h5-12,18,23-24H,13-17H2,1-2H3,(H,29,34)(H,30,33)(H,31,32). The number of carbonyl (C=O) groups excluding carboxylic acids is 2. The minimum Gasteiger partial charge on any atom is -0.481 e. The van der Waals surface area contributed by atoms with Crippen molar-refractivity contribution in [3.63, 3.8) is 0 Å². The van der Waals surface area contributed by atoms with Gasteiger partial charge in [-0.1, -0.05) is 48.5 Å². The molecular weight excluding hydrogens is 444 g/mol. The molecule has 3 N–H and O–H groups in total. The molecule has 1 saturated carbocycles. The van der Waals surface area contributed by atoms with Crippen LogP contribution in [0.1, 0.15) is 56.6 Å². The summed E-state index contributed by atoms with van der Waals surface area (Å²) in [5, 5.41) is 14.8. The number of nitrogens with one attached hydrogen (secondary N) is 2. The number of ether oxygens (including phenoxy) is 1. The first-order valence-electron chi connectivity index (χ1n) is 11.9. The first-order valence-corrected chi connectivity index (χ1v) is 11.9. The van der Waals surface area contributed by atoms with Crippen molar-refractivity contribution in [1.82, 2.24) is 10.6 Å². The predicted octanol–water partition coefficient (Wildman–Crippen LogP) is 4.07. The molecule has 2 atom stereocenters. The van der Waals surface area contributed by atoms with E-state index in [1.54, 1.807) is 13.8 Å². The van der Waals surface area contributed by atoms with E-state index in [1.807, 2.05) is 36.4 Å². The zero-order valence-electron chi connectivity index (χ0n) is 20.0. The minimum atomic E-state index is -0.978. The number of hydrogen-bond acceptors (Lipinski definition) is 4. The van der Waals surface area contributed by atoms with Crippen molar-refractivity contribution in [3.8, 4) is 23.0 Å². The van der Waals surface area contributed by atoms with Gasteiger partial charge in [0, 0.05) is 12.3 Å². The maximum Gasteiger partial charge on any atom is 0.407 e. The van der Waals surface area contributed by atoms with Gasteiger partial charge in [-0.2, -0.15) is 0 Å². The maximum absolute atomic E-state index is 13.1. The van der Waals surface area contributed by atoms with E-state index >= 15 is 0 Å². The lowest BCUT2D eigenvalue weighted by molar-refractivity contribution is -0.139. The molecule has 4 rings (SSSR count). The van der Waals surface area contributed by atoms with Crippen LogP contribution in [0.5, 0.6) is 0 Å². The molecule has 1 fully saturated rings. The fourth-order valence-electron chi connectivity index (χ4n) is 4.89. The van der Waals surface area contributed by atoms with Crippen molar-refractivity contribution in [2.24, 2.45) is 5.92 Å². The zero-order chi connectivity index (χ0) is 25.0. The Morgan fingerprint density at radius 2 is 1.69 bits per heavy atom. The minimum absolute atomic E-state index is 0.0930. The lowest BCUT2D eigenvalue weighted by Crippen LogP contribution is -2.56. The second kappa shape index (κ2) is 10.2. The second-order valence-corrected chi connectivity index (χ2v) is 9.40. The van der Waals surface area contributed by atoms with Crippen LogP contribution in [0.3, 0.4) is 0 Å². The molecule has 0 spiro atoms. The Morgan fingerprint density at radius 1 is 1.09 bits per heavy atom. The maximum atomic E-state index is 13.1. The van der Waals surface area contributed by atoms with Crippen molar-refractivity contribution in [2.45, 2.75) is 57.0 Å². The first-order chi connectivity index (χ1) is 16.8. The Hall–Kier alpha value is -3.79. The number of benzene rings is 2. The molecule has 2 aromatic carbocycles. The van der Waals surface area contributed by atoms with Gasteiger partial charge < -0.3 is 20.5 Å². The fourth-order valence-corrected chi connectivity index (χ4v) is 4.89. The lowest BCUT2D eigenvalue weighted by Gasteiger charge is -2.31. The first kappa shape index (κ1) is 24.3. The molecule has 0 heterocycles. The molecule has 0 aromatic heterocycles. The van der Waals surface area contributed by atoms with E-state index in [2.05, 4.69) is 34.6 Å². The average molecular weight is 475 g/mol. The third-order valence-electron chi connectivity index (χ3n) is 6.84. The van der Waals surface area contributed by atoms with E-state index in [-0.39, 0.29) is 31.3 Å². The quantitative estimate of drug-likeness (QED) is 0.475. The molecule has 0 saturated heterocycles. The number of aliphatic carboxylic acids is 1. The van der Waals surface area contributed by atoms with Gasteiger partial charge in [0.1, 0.15) is 12.6 Å². The summed E-state index contributed by atoms with van der Waals surface area (Å²) >= 11 is 0. The van der Waals surface area contributed by atoms with Gasteiger partial charge in [0.05, 0.1) is 12.0 Å². The summed E-state index contributed by atoms with van der Waals surface area (Å²) in [6, 6.07) is 15.2. The van der Waals surface area contributed by atoms with Crippen LogP contribution in [-0.2, 0) is 14.3 Å². The van der Waals surface area contributed by atoms with Gasteiger partial charge in [-0.25, -0.2) is 4.79 Å². The van der Waals surface area contributed by atoms with E-state index in [1.165, 1.54) is 0 Å². The van der Waals surface area contributed by atoms with E-state index < -0.39 is 29.6 Å². The predicted molar refractivity (Wildman–Crippen MR) is 132 cm³/mol. The van der Waals surface area contributed by atoms with Crippen molar-refractivity contribution < 1.29 is 24.2 Å². The Labute approximate surface area is 205 Å². The number of fused-ring (bicyclic) bond motifs is 3. The molecule has 0 radical (unpaired) electrons. The summed E-state index contributed by atoms with van der Waals surface area (Å²) in [5.74, 6) is 4.15. The summed E-state index contributed by atoms with van der Waals surface area (Å²) < 4.78 is 5.58. The van der Waals surface area contributed by atoms with Crippen LogP contribution in [0, 0.1) is 17.8 Å². The van der Waals surface area contributed by atoms with Crippen LogP contribution in [0.25, 0.3) is 11.1 Å². The molecule has 2 unspecified atom stereocenters. The highest BCUT2D eigenvalue weighted by Crippen LogP contribution is 2.44. The van der Waals surface area contributed by atoms with Crippen LogP contribution in [0.15, 0.2) is 48.5 Å². The molecule has 2 aliphatic rings. The van der Waals surface area contributed by atoms with Crippen LogP contribution >= 0.6 is 0 Å². The summed E-state index contributed by atoms with van der Waals surface area (Å²) in [7, 11) is 0. The number of rotatable bonds is 9.